The van der Waals surface area contributed by atoms with Gasteiger partial charge in [0.2, 0.25) is 5.67 Å². The highest BCUT2D eigenvalue weighted by molar-refractivity contribution is 5.87. The third-order valence-electron chi connectivity index (χ3n) is 2.66. The molecule has 1 N–H and O–H groups in total. The van der Waals surface area contributed by atoms with E-state index in [2.05, 4.69) is 5.32 Å². The maximum absolute atomic E-state index is 14.4. The van der Waals surface area contributed by atoms with E-state index in [1.807, 2.05) is 20.8 Å². The van der Waals surface area contributed by atoms with Crippen molar-refractivity contribution in [1.29, 1.82) is 0 Å². The Morgan fingerprint density at radius 3 is 2.62 bits per heavy atom. The van der Waals surface area contributed by atoms with E-state index in [-0.39, 0.29) is 5.54 Å². The molecule has 0 aliphatic heterocycles. The zero-order chi connectivity index (χ0) is 12.2. The third kappa shape index (κ3) is 3.95. The summed E-state index contributed by atoms with van der Waals surface area (Å²) in [5.74, 6) is -0.502. The van der Waals surface area contributed by atoms with Gasteiger partial charge in [0.25, 0.3) is 5.91 Å². The fourth-order valence-corrected chi connectivity index (χ4v) is 1.81. The van der Waals surface area contributed by atoms with Gasteiger partial charge in [-0.3, -0.25) is 4.79 Å². The first-order valence-corrected chi connectivity index (χ1v) is 6.03. The van der Waals surface area contributed by atoms with Gasteiger partial charge in [0.05, 0.1) is 0 Å². The second-order valence-corrected chi connectivity index (χ2v) is 5.57. The van der Waals surface area contributed by atoms with Crippen LogP contribution in [-0.4, -0.2) is 17.1 Å². The summed E-state index contributed by atoms with van der Waals surface area (Å²) in [5, 5.41) is 2.71. The van der Waals surface area contributed by atoms with Crippen LogP contribution in [0, 0.1) is 0 Å². The number of allylic oxidation sites excluding steroid dienone is 1. The monoisotopic (exact) mass is 227 g/mol. The summed E-state index contributed by atoms with van der Waals surface area (Å²) < 4.78 is 14.4. The summed E-state index contributed by atoms with van der Waals surface area (Å²) in [6.07, 6.45) is 7.26. The van der Waals surface area contributed by atoms with Crippen LogP contribution in [0.2, 0.25) is 0 Å². The Morgan fingerprint density at radius 1 is 1.31 bits per heavy atom. The smallest absolute Gasteiger partial charge is 0.262 e. The molecule has 1 amide bonds. The molecular weight excluding hydrogens is 205 g/mol. The number of carbonyl (C=O) groups is 1. The van der Waals surface area contributed by atoms with E-state index < -0.39 is 11.6 Å². The molecule has 1 aliphatic carbocycles. The lowest BCUT2D eigenvalue weighted by Crippen LogP contribution is -2.50. The van der Waals surface area contributed by atoms with Crippen LogP contribution in [0.15, 0.2) is 12.2 Å². The van der Waals surface area contributed by atoms with Gasteiger partial charge in [-0.25, -0.2) is 4.39 Å². The van der Waals surface area contributed by atoms with E-state index in [1.54, 1.807) is 6.08 Å². The van der Waals surface area contributed by atoms with Gasteiger partial charge in [0, 0.05) is 5.54 Å². The first-order chi connectivity index (χ1) is 7.33. The number of rotatable bonds is 1. The minimum atomic E-state index is -1.81. The molecule has 0 aromatic heterocycles. The Morgan fingerprint density at radius 2 is 2.00 bits per heavy atom. The van der Waals surface area contributed by atoms with Gasteiger partial charge in [-0.1, -0.05) is 12.5 Å². The molecule has 0 fully saturated rings. The van der Waals surface area contributed by atoms with Crippen LogP contribution in [0.1, 0.15) is 52.9 Å². The van der Waals surface area contributed by atoms with E-state index in [0.717, 1.165) is 25.7 Å². The van der Waals surface area contributed by atoms with E-state index in [0.29, 0.717) is 6.42 Å². The Balaban J connectivity index is 2.73. The predicted molar refractivity (Wildman–Crippen MR) is 64.0 cm³/mol. The third-order valence-corrected chi connectivity index (χ3v) is 2.66. The van der Waals surface area contributed by atoms with Crippen molar-refractivity contribution in [3.05, 3.63) is 12.2 Å². The number of alkyl halides is 1. The first-order valence-electron chi connectivity index (χ1n) is 6.03. The van der Waals surface area contributed by atoms with Gasteiger partial charge in [0.1, 0.15) is 0 Å². The number of carbonyl (C=O) groups excluding carboxylic acids is 1. The van der Waals surface area contributed by atoms with Gasteiger partial charge >= 0.3 is 0 Å². The fraction of sp³-hybridized carbons (Fsp3) is 0.769. The van der Waals surface area contributed by atoms with Gasteiger partial charge in [0.15, 0.2) is 0 Å². The lowest BCUT2D eigenvalue weighted by molar-refractivity contribution is -0.132. The molecule has 1 rings (SSSR count). The van der Waals surface area contributed by atoms with Crippen molar-refractivity contribution in [3.8, 4) is 0 Å². The van der Waals surface area contributed by atoms with Crippen molar-refractivity contribution in [2.45, 2.75) is 64.1 Å². The Hall–Kier alpha value is -0.860. The first kappa shape index (κ1) is 13.2. The van der Waals surface area contributed by atoms with Crippen LogP contribution in [-0.2, 0) is 4.79 Å². The van der Waals surface area contributed by atoms with Crippen molar-refractivity contribution >= 4 is 5.91 Å². The van der Waals surface area contributed by atoms with Gasteiger partial charge in [-0.2, -0.15) is 0 Å². The van der Waals surface area contributed by atoms with Crippen molar-refractivity contribution in [1.82, 2.24) is 5.32 Å². The second kappa shape index (κ2) is 4.98. The molecule has 0 unspecified atom stereocenters. The maximum Gasteiger partial charge on any atom is 0.262 e. The quantitative estimate of drug-likeness (QED) is 0.685. The standard InChI is InChI=1S/C13H22FNO/c1-12(2,3)15-11(16)13(14)9-7-5-4-6-8-10-13/h7,9H,4-6,8,10H2,1-3H3,(H,15,16)/t13-/m0/s1. The summed E-state index contributed by atoms with van der Waals surface area (Å²) in [4.78, 5) is 11.9. The summed E-state index contributed by atoms with van der Waals surface area (Å²) in [7, 11) is 0. The molecule has 0 aromatic rings. The Kier molecular flexibility index (Phi) is 4.11. The second-order valence-electron chi connectivity index (χ2n) is 5.57. The zero-order valence-electron chi connectivity index (χ0n) is 10.5. The lowest BCUT2D eigenvalue weighted by Gasteiger charge is -2.28. The average molecular weight is 227 g/mol. The van der Waals surface area contributed by atoms with E-state index >= 15 is 0 Å². The predicted octanol–water partition coefficient (Wildman–Crippen LogP) is 3.13. The van der Waals surface area contributed by atoms with Crippen LogP contribution in [0.5, 0.6) is 0 Å². The van der Waals surface area contributed by atoms with Crippen LogP contribution >= 0.6 is 0 Å². The molecule has 2 nitrogen and oxygen atoms in total. The summed E-state index contributed by atoms with van der Waals surface area (Å²) in [6.45, 7) is 5.59. The number of nitrogens with one attached hydrogen (secondary N) is 1. The van der Waals surface area contributed by atoms with Crippen molar-refractivity contribution in [2.75, 3.05) is 0 Å². The lowest BCUT2D eigenvalue weighted by atomic mass is 9.92. The SMILES string of the molecule is CC(C)(C)NC(=O)[C@]1(F)C=CCCCCC1. The molecule has 16 heavy (non-hydrogen) atoms. The maximum atomic E-state index is 14.4. The largest absolute Gasteiger partial charge is 0.348 e. The summed E-state index contributed by atoms with van der Waals surface area (Å²) in [6, 6.07) is 0. The summed E-state index contributed by atoms with van der Waals surface area (Å²) in [5.41, 5.74) is -2.19. The van der Waals surface area contributed by atoms with Gasteiger partial charge in [-0.05, 0) is 52.5 Å². The number of amides is 1. The average Bonchev–Trinajstić information content (AvgIpc) is 2.08. The Labute approximate surface area is 97.3 Å². The Bertz CT molecular complexity index is 280. The zero-order valence-corrected chi connectivity index (χ0v) is 10.5. The molecule has 0 bridgehead atoms. The van der Waals surface area contributed by atoms with Gasteiger partial charge in [-0.15, -0.1) is 0 Å². The highest BCUT2D eigenvalue weighted by Gasteiger charge is 2.37. The minimum absolute atomic E-state index is 0.297. The molecule has 1 atom stereocenters. The van der Waals surface area contributed by atoms with Gasteiger partial charge < -0.3 is 5.32 Å². The molecular formula is C13H22FNO. The summed E-state index contributed by atoms with van der Waals surface area (Å²) >= 11 is 0. The van der Waals surface area contributed by atoms with Crippen LogP contribution in [0.25, 0.3) is 0 Å². The number of halogens is 1. The molecule has 92 valence electrons. The molecule has 3 heteroatoms. The van der Waals surface area contributed by atoms with Crippen LogP contribution < -0.4 is 5.32 Å². The highest BCUT2D eigenvalue weighted by Crippen LogP contribution is 2.26. The van der Waals surface area contributed by atoms with Crippen LogP contribution in [0.4, 0.5) is 4.39 Å². The molecule has 0 saturated carbocycles. The number of hydrogen-bond donors (Lipinski definition) is 1. The minimum Gasteiger partial charge on any atom is -0.348 e. The molecule has 0 radical (unpaired) electrons. The molecule has 1 aliphatic rings. The van der Waals surface area contributed by atoms with E-state index in [4.69, 9.17) is 0 Å². The fourth-order valence-electron chi connectivity index (χ4n) is 1.81. The van der Waals surface area contributed by atoms with E-state index in [1.165, 1.54) is 6.08 Å². The highest BCUT2D eigenvalue weighted by atomic mass is 19.1. The van der Waals surface area contributed by atoms with Crippen molar-refractivity contribution < 1.29 is 9.18 Å². The normalized spacial score (nSPS) is 27.0. The molecule has 0 aromatic carbocycles. The van der Waals surface area contributed by atoms with Crippen LogP contribution in [0.3, 0.4) is 0 Å². The molecule has 0 spiro atoms. The molecule has 0 saturated heterocycles. The number of hydrogen-bond acceptors (Lipinski definition) is 1. The van der Waals surface area contributed by atoms with E-state index in [9.17, 15) is 9.18 Å². The topological polar surface area (TPSA) is 29.1 Å². The molecule has 0 heterocycles. The van der Waals surface area contributed by atoms with Crippen molar-refractivity contribution in [2.24, 2.45) is 0 Å². The van der Waals surface area contributed by atoms with Crippen molar-refractivity contribution in [3.63, 3.8) is 0 Å².